The number of aliphatic imine (C=N–C) groups is 1. The molecule has 0 bridgehead atoms. The summed E-state index contributed by atoms with van der Waals surface area (Å²) in [7, 11) is 0. The van der Waals surface area contributed by atoms with Gasteiger partial charge in [-0.2, -0.15) is 0 Å². The maximum absolute atomic E-state index is 13.9. The molecule has 0 atom stereocenters. The van der Waals surface area contributed by atoms with Gasteiger partial charge in [-0.05, 0) is 18.2 Å². The zero-order valence-electron chi connectivity index (χ0n) is 14.9. The van der Waals surface area contributed by atoms with E-state index in [1.807, 2.05) is 0 Å². The number of rotatable bonds is 7. The monoisotopic (exact) mass is 394 g/mol. The normalized spacial score (nSPS) is 11.9. The molecule has 1 aromatic carbocycles. The van der Waals surface area contributed by atoms with Gasteiger partial charge in [-0.15, -0.1) is 0 Å². The summed E-state index contributed by atoms with van der Waals surface area (Å²) in [4.78, 5) is 34.1. The molecule has 3 rings (SSSR count). The SMILES string of the molecule is NC(=CC(=NCc1ccccc1F)c1ccon1)c1nccc(NC(=O)C=O)n1. The van der Waals surface area contributed by atoms with Crippen LogP contribution < -0.4 is 11.1 Å². The summed E-state index contributed by atoms with van der Waals surface area (Å²) in [6.45, 7) is 0.0505. The number of aromatic nitrogens is 3. The topological polar surface area (TPSA) is 136 Å². The lowest BCUT2D eigenvalue weighted by atomic mass is 10.2. The molecule has 0 fully saturated rings. The van der Waals surface area contributed by atoms with E-state index in [4.69, 9.17) is 10.3 Å². The van der Waals surface area contributed by atoms with Crippen LogP contribution >= 0.6 is 0 Å². The molecule has 0 unspecified atom stereocenters. The van der Waals surface area contributed by atoms with Crippen molar-refractivity contribution in [1.29, 1.82) is 0 Å². The van der Waals surface area contributed by atoms with E-state index >= 15 is 0 Å². The highest BCUT2D eigenvalue weighted by atomic mass is 19.1. The standard InChI is InChI=1S/C19H15FN6O3/c20-13-4-2-1-3-12(13)10-23-16(15-6-8-29-26-15)9-14(21)19-22-7-5-17(25-19)24-18(28)11-27/h1-9,11H,10,21H2,(H,22,24,25,28). The summed E-state index contributed by atoms with van der Waals surface area (Å²) in [5, 5.41) is 6.11. The second-order valence-electron chi connectivity index (χ2n) is 5.65. The Morgan fingerprint density at radius 1 is 1.28 bits per heavy atom. The maximum Gasteiger partial charge on any atom is 0.289 e. The summed E-state index contributed by atoms with van der Waals surface area (Å²) in [6.07, 6.45) is 4.32. The molecule has 29 heavy (non-hydrogen) atoms. The molecule has 0 radical (unpaired) electrons. The Morgan fingerprint density at radius 3 is 2.83 bits per heavy atom. The molecule has 0 spiro atoms. The lowest BCUT2D eigenvalue weighted by Gasteiger charge is -2.05. The predicted molar refractivity (Wildman–Crippen MR) is 102 cm³/mol. The van der Waals surface area contributed by atoms with E-state index in [0.717, 1.165) is 0 Å². The second-order valence-corrected chi connectivity index (χ2v) is 5.65. The van der Waals surface area contributed by atoms with Crippen molar-refractivity contribution in [3.63, 3.8) is 0 Å². The Balaban J connectivity index is 1.91. The molecule has 9 nitrogen and oxygen atoms in total. The van der Waals surface area contributed by atoms with Gasteiger partial charge in [0.05, 0.1) is 18.0 Å². The fourth-order valence-electron chi connectivity index (χ4n) is 2.28. The largest absolute Gasteiger partial charge is 0.396 e. The summed E-state index contributed by atoms with van der Waals surface area (Å²) < 4.78 is 18.7. The molecule has 0 aliphatic heterocycles. The lowest BCUT2D eigenvalue weighted by Crippen LogP contribution is -2.15. The second kappa shape index (κ2) is 9.13. The van der Waals surface area contributed by atoms with E-state index in [1.165, 1.54) is 30.7 Å². The number of nitrogens with one attached hydrogen (secondary N) is 1. The van der Waals surface area contributed by atoms with Crippen LogP contribution in [-0.4, -0.2) is 33.0 Å². The Labute approximate surface area is 164 Å². The minimum Gasteiger partial charge on any atom is -0.396 e. The molecule has 146 valence electrons. The number of amides is 1. The van der Waals surface area contributed by atoms with Crippen LogP contribution in [0.3, 0.4) is 0 Å². The Bertz CT molecular complexity index is 1080. The van der Waals surface area contributed by atoms with Gasteiger partial charge in [-0.1, -0.05) is 23.4 Å². The molecular weight excluding hydrogens is 379 g/mol. The average Bonchev–Trinajstić information content (AvgIpc) is 3.27. The average molecular weight is 394 g/mol. The summed E-state index contributed by atoms with van der Waals surface area (Å²) >= 11 is 0. The molecule has 3 N–H and O–H groups in total. The third kappa shape index (κ3) is 5.16. The van der Waals surface area contributed by atoms with Crippen LogP contribution in [0.4, 0.5) is 10.2 Å². The van der Waals surface area contributed by atoms with E-state index in [0.29, 0.717) is 17.0 Å². The smallest absolute Gasteiger partial charge is 0.289 e. The van der Waals surface area contributed by atoms with Crippen molar-refractivity contribution in [2.75, 3.05) is 5.32 Å². The summed E-state index contributed by atoms with van der Waals surface area (Å²) in [6, 6.07) is 9.24. The Kier molecular flexibility index (Phi) is 6.15. The van der Waals surface area contributed by atoms with Gasteiger partial charge in [0.2, 0.25) is 6.29 Å². The highest BCUT2D eigenvalue weighted by Crippen LogP contribution is 2.12. The molecule has 0 aliphatic rings. The van der Waals surface area contributed by atoms with E-state index in [1.54, 1.807) is 24.3 Å². The number of allylic oxidation sites excluding steroid dienone is 1. The van der Waals surface area contributed by atoms with Crippen molar-refractivity contribution in [3.05, 3.63) is 77.8 Å². The number of carbonyl (C=O) groups excluding carboxylic acids is 2. The number of anilines is 1. The van der Waals surface area contributed by atoms with Gasteiger partial charge in [-0.3, -0.25) is 14.6 Å². The minimum atomic E-state index is -0.855. The fraction of sp³-hybridized carbons (Fsp3) is 0.0526. The number of aldehydes is 1. The van der Waals surface area contributed by atoms with Gasteiger partial charge in [0.25, 0.3) is 5.91 Å². The maximum atomic E-state index is 13.9. The van der Waals surface area contributed by atoms with Gasteiger partial charge < -0.3 is 15.6 Å². The van der Waals surface area contributed by atoms with Crippen LogP contribution in [0.15, 0.2) is 64.4 Å². The van der Waals surface area contributed by atoms with Crippen LogP contribution in [0.5, 0.6) is 0 Å². The molecule has 1 amide bonds. The molecule has 10 heteroatoms. The number of hydrogen-bond donors (Lipinski definition) is 2. The first-order valence-electron chi connectivity index (χ1n) is 8.32. The molecule has 0 aliphatic carbocycles. The quantitative estimate of drug-likeness (QED) is 0.354. The number of nitrogens with two attached hydrogens (primary N) is 1. The number of hydrogen-bond acceptors (Lipinski definition) is 8. The van der Waals surface area contributed by atoms with Crippen molar-refractivity contribution < 1.29 is 18.5 Å². The van der Waals surface area contributed by atoms with Crippen molar-refractivity contribution in [2.45, 2.75) is 6.54 Å². The lowest BCUT2D eigenvalue weighted by molar-refractivity contribution is -0.127. The Hall–Kier alpha value is -4.21. The summed E-state index contributed by atoms with van der Waals surface area (Å²) in [5.41, 5.74) is 7.29. The zero-order chi connectivity index (χ0) is 20.6. The zero-order valence-corrected chi connectivity index (χ0v) is 14.9. The molecule has 0 saturated heterocycles. The first kappa shape index (κ1) is 19.5. The predicted octanol–water partition coefficient (Wildman–Crippen LogP) is 1.73. The highest BCUT2D eigenvalue weighted by Gasteiger charge is 2.10. The van der Waals surface area contributed by atoms with Crippen molar-refractivity contribution in [1.82, 2.24) is 15.1 Å². The first-order chi connectivity index (χ1) is 14.1. The number of carbonyl (C=O) groups is 2. The van der Waals surface area contributed by atoms with E-state index in [2.05, 4.69) is 25.4 Å². The van der Waals surface area contributed by atoms with Crippen LogP contribution in [0.25, 0.3) is 5.70 Å². The molecule has 0 saturated carbocycles. The van der Waals surface area contributed by atoms with Gasteiger partial charge in [0.15, 0.2) is 5.82 Å². The number of halogens is 1. The first-order valence-corrected chi connectivity index (χ1v) is 8.32. The van der Waals surface area contributed by atoms with Gasteiger partial charge in [0.1, 0.15) is 23.6 Å². The van der Waals surface area contributed by atoms with Crippen molar-refractivity contribution >= 4 is 29.4 Å². The van der Waals surface area contributed by atoms with Gasteiger partial charge in [-0.25, -0.2) is 14.4 Å². The van der Waals surface area contributed by atoms with Gasteiger partial charge in [0, 0.05) is 17.8 Å². The highest BCUT2D eigenvalue weighted by molar-refractivity contribution is 6.29. The third-order valence-corrected chi connectivity index (χ3v) is 3.64. The molecule has 3 aromatic rings. The van der Waals surface area contributed by atoms with E-state index in [-0.39, 0.29) is 36.0 Å². The third-order valence-electron chi connectivity index (χ3n) is 3.64. The van der Waals surface area contributed by atoms with Crippen LogP contribution in [0, 0.1) is 5.82 Å². The summed E-state index contributed by atoms with van der Waals surface area (Å²) in [5.74, 6) is -1.04. The number of benzene rings is 1. The van der Waals surface area contributed by atoms with Crippen LogP contribution in [-0.2, 0) is 16.1 Å². The fourth-order valence-corrected chi connectivity index (χ4v) is 2.28. The van der Waals surface area contributed by atoms with Gasteiger partial charge >= 0.3 is 0 Å². The Morgan fingerprint density at radius 2 is 2.10 bits per heavy atom. The molecule has 2 aromatic heterocycles. The van der Waals surface area contributed by atoms with Crippen LogP contribution in [0.1, 0.15) is 17.1 Å². The molecule has 2 heterocycles. The van der Waals surface area contributed by atoms with E-state index < -0.39 is 5.91 Å². The van der Waals surface area contributed by atoms with E-state index in [9.17, 15) is 14.0 Å². The molecular formula is C19H15FN6O3. The van der Waals surface area contributed by atoms with Crippen LogP contribution in [0.2, 0.25) is 0 Å². The number of nitrogens with zero attached hydrogens (tertiary/aromatic N) is 4. The van der Waals surface area contributed by atoms with Crippen molar-refractivity contribution in [3.8, 4) is 0 Å². The van der Waals surface area contributed by atoms with Crippen molar-refractivity contribution in [2.24, 2.45) is 10.7 Å². The minimum absolute atomic E-state index is 0.0505.